The van der Waals surface area contributed by atoms with Gasteiger partial charge in [0.25, 0.3) is 0 Å². The Morgan fingerprint density at radius 1 is 1.07 bits per heavy atom. The van der Waals surface area contributed by atoms with Crippen LogP contribution in [-0.2, 0) is 21.2 Å². The molecule has 27 heavy (non-hydrogen) atoms. The molecule has 0 aliphatic carbocycles. The topological polar surface area (TPSA) is 59.1 Å². The molecule has 0 radical (unpaired) electrons. The molecule has 0 bridgehead atoms. The van der Waals surface area contributed by atoms with E-state index >= 15 is 0 Å². The Labute approximate surface area is 163 Å². The summed E-state index contributed by atoms with van der Waals surface area (Å²) in [5.41, 5.74) is 0.996. The lowest BCUT2D eigenvalue weighted by Gasteiger charge is -2.29. The summed E-state index contributed by atoms with van der Waals surface area (Å²) in [5.74, 6) is 0.816. The lowest BCUT2D eigenvalue weighted by molar-refractivity contribution is 0.0362. The molecule has 7 heteroatoms. The van der Waals surface area contributed by atoms with Crippen LogP contribution in [0.2, 0.25) is 0 Å². The van der Waals surface area contributed by atoms with Gasteiger partial charge in [-0.2, -0.15) is 4.31 Å². The van der Waals surface area contributed by atoms with E-state index in [4.69, 9.17) is 9.47 Å². The third-order valence-electron chi connectivity index (χ3n) is 5.33. The van der Waals surface area contributed by atoms with Crippen molar-refractivity contribution in [1.82, 2.24) is 9.21 Å². The number of sulfonamides is 1. The summed E-state index contributed by atoms with van der Waals surface area (Å²) in [5, 5.41) is 0. The lowest BCUT2D eigenvalue weighted by atomic mass is 10.2. The monoisotopic (exact) mass is 396 g/mol. The normalized spacial score (nSPS) is 17.9. The van der Waals surface area contributed by atoms with Gasteiger partial charge in [0.1, 0.15) is 5.75 Å². The zero-order chi connectivity index (χ0) is 19.1. The van der Waals surface area contributed by atoms with Gasteiger partial charge in [-0.1, -0.05) is 26.2 Å². The lowest BCUT2D eigenvalue weighted by Crippen LogP contribution is -2.43. The highest BCUT2D eigenvalue weighted by Gasteiger charge is 2.26. The smallest absolute Gasteiger partial charge is 0.243 e. The molecular weight excluding hydrogens is 364 g/mol. The van der Waals surface area contributed by atoms with Crippen molar-refractivity contribution in [2.45, 2.75) is 43.9 Å². The molecule has 0 saturated carbocycles. The second kappa shape index (κ2) is 9.87. The van der Waals surface area contributed by atoms with E-state index in [0.29, 0.717) is 24.6 Å². The minimum absolute atomic E-state index is 0.393. The van der Waals surface area contributed by atoms with Gasteiger partial charge in [0.2, 0.25) is 10.0 Å². The van der Waals surface area contributed by atoms with Crippen molar-refractivity contribution in [1.29, 1.82) is 0 Å². The Hall–Kier alpha value is -1.15. The zero-order valence-corrected chi connectivity index (χ0v) is 17.2. The zero-order valence-electron chi connectivity index (χ0n) is 16.4. The van der Waals surface area contributed by atoms with Crippen LogP contribution in [0.15, 0.2) is 23.1 Å². The van der Waals surface area contributed by atoms with Crippen molar-refractivity contribution in [2.75, 3.05) is 52.5 Å². The Kier molecular flexibility index (Phi) is 7.52. The van der Waals surface area contributed by atoms with Gasteiger partial charge in [-0.3, -0.25) is 4.90 Å². The minimum Gasteiger partial charge on any atom is -0.493 e. The number of rotatable bonds is 10. The van der Waals surface area contributed by atoms with Crippen LogP contribution in [0, 0.1) is 0 Å². The second-order valence-electron chi connectivity index (χ2n) is 7.29. The van der Waals surface area contributed by atoms with E-state index < -0.39 is 10.0 Å². The number of unbranched alkanes of at least 4 members (excludes halogenated alkanes) is 3. The molecule has 0 amide bonds. The molecule has 152 valence electrons. The Bertz CT molecular complexity index is 702. The first-order chi connectivity index (χ1) is 13.1. The van der Waals surface area contributed by atoms with Gasteiger partial charge < -0.3 is 9.47 Å². The molecule has 1 aromatic carbocycles. The van der Waals surface area contributed by atoms with Gasteiger partial charge in [0.15, 0.2) is 0 Å². The number of benzene rings is 1. The maximum absolute atomic E-state index is 13.3. The van der Waals surface area contributed by atoms with Gasteiger partial charge in [-0.05, 0) is 30.2 Å². The van der Waals surface area contributed by atoms with Crippen LogP contribution in [0.25, 0.3) is 0 Å². The minimum atomic E-state index is -3.49. The van der Waals surface area contributed by atoms with Gasteiger partial charge in [0.05, 0.1) is 24.7 Å². The van der Waals surface area contributed by atoms with Crippen molar-refractivity contribution in [3.8, 4) is 5.75 Å². The molecule has 0 aromatic heterocycles. The van der Waals surface area contributed by atoms with Crippen LogP contribution in [0.3, 0.4) is 0 Å². The molecule has 0 N–H and O–H groups in total. The van der Waals surface area contributed by atoms with Crippen LogP contribution in [-0.4, -0.2) is 70.2 Å². The molecule has 2 aliphatic heterocycles. The summed E-state index contributed by atoms with van der Waals surface area (Å²) in [7, 11) is -3.49. The van der Waals surface area contributed by atoms with E-state index in [1.807, 2.05) is 0 Å². The molecule has 3 rings (SSSR count). The predicted octanol–water partition coefficient (Wildman–Crippen LogP) is 2.52. The average Bonchev–Trinajstić information content (AvgIpc) is 3.16. The van der Waals surface area contributed by atoms with Gasteiger partial charge >= 0.3 is 0 Å². The van der Waals surface area contributed by atoms with E-state index in [2.05, 4.69) is 11.8 Å². The first-order valence-electron chi connectivity index (χ1n) is 10.2. The molecule has 0 atom stereocenters. The van der Waals surface area contributed by atoms with E-state index in [1.165, 1.54) is 0 Å². The predicted molar refractivity (Wildman–Crippen MR) is 106 cm³/mol. The summed E-state index contributed by atoms with van der Waals surface area (Å²) >= 11 is 0. The largest absolute Gasteiger partial charge is 0.493 e. The number of nitrogens with zero attached hydrogens (tertiary/aromatic N) is 2. The highest BCUT2D eigenvalue weighted by atomic mass is 32.2. The Morgan fingerprint density at radius 2 is 1.89 bits per heavy atom. The number of fused-ring (bicyclic) bond motifs is 1. The fraction of sp³-hybridized carbons (Fsp3) is 0.700. The van der Waals surface area contributed by atoms with Crippen LogP contribution < -0.4 is 4.74 Å². The number of morpholine rings is 1. The maximum atomic E-state index is 13.3. The molecule has 1 aromatic rings. The summed E-state index contributed by atoms with van der Waals surface area (Å²) in [6.07, 6.45) is 5.05. The van der Waals surface area contributed by atoms with Crippen LogP contribution >= 0.6 is 0 Å². The highest BCUT2D eigenvalue weighted by molar-refractivity contribution is 7.89. The molecule has 1 fully saturated rings. The molecule has 0 unspecified atom stereocenters. The van der Waals surface area contributed by atoms with Gasteiger partial charge in [-0.25, -0.2) is 8.42 Å². The summed E-state index contributed by atoms with van der Waals surface area (Å²) in [6.45, 7) is 7.88. The molecule has 2 heterocycles. The van der Waals surface area contributed by atoms with Gasteiger partial charge in [-0.15, -0.1) is 0 Å². The fourth-order valence-electron chi connectivity index (χ4n) is 3.62. The third-order valence-corrected chi connectivity index (χ3v) is 7.22. The average molecular weight is 397 g/mol. The number of ether oxygens (including phenoxy) is 2. The second-order valence-corrected chi connectivity index (χ2v) is 9.22. The van der Waals surface area contributed by atoms with Crippen molar-refractivity contribution in [3.63, 3.8) is 0 Å². The quantitative estimate of drug-likeness (QED) is 0.569. The van der Waals surface area contributed by atoms with Crippen molar-refractivity contribution in [2.24, 2.45) is 0 Å². The summed E-state index contributed by atoms with van der Waals surface area (Å²) in [6, 6.07) is 5.28. The molecular formula is C20H32N2O4S. The van der Waals surface area contributed by atoms with E-state index in [0.717, 1.165) is 76.3 Å². The maximum Gasteiger partial charge on any atom is 0.243 e. The highest BCUT2D eigenvalue weighted by Crippen LogP contribution is 2.29. The fourth-order valence-corrected chi connectivity index (χ4v) is 5.14. The number of hydrogen-bond donors (Lipinski definition) is 0. The van der Waals surface area contributed by atoms with Crippen molar-refractivity contribution < 1.29 is 17.9 Å². The van der Waals surface area contributed by atoms with E-state index in [-0.39, 0.29) is 0 Å². The third kappa shape index (κ3) is 5.44. The summed E-state index contributed by atoms with van der Waals surface area (Å²) in [4.78, 5) is 2.68. The molecule has 2 aliphatic rings. The van der Waals surface area contributed by atoms with Crippen LogP contribution in [0.1, 0.15) is 38.2 Å². The van der Waals surface area contributed by atoms with Crippen molar-refractivity contribution >= 4 is 10.0 Å². The Morgan fingerprint density at radius 3 is 2.67 bits per heavy atom. The van der Waals surface area contributed by atoms with Crippen molar-refractivity contribution in [3.05, 3.63) is 23.8 Å². The first-order valence-corrected chi connectivity index (χ1v) is 11.6. The van der Waals surface area contributed by atoms with Gasteiger partial charge in [0, 0.05) is 39.1 Å². The van der Waals surface area contributed by atoms with Crippen LogP contribution in [0.5, 0.6) is 5.75 Å². The standard InChI is InChI=1S/C20H32N2O4S/c1-2-3-4-5-9-22(11-10-21-12-15-25-16-13-21)27(23,24)19-6-7-20-18(17-19)8-14-26-20/h6-7,17H,2-5,8-16H2,1H3. The van der Waals surface area contributed by atoms with E-state index in [1.54, 1.807) is 22.5 Å². The molecule has 0 spiro atoms. The van der Waals surface area contributed by atoms with E-state index in [9.17, 15) is 8.42 Å². The first kappa shape index (κ1) is 20.6. The van der Waals surface area contributed by atoms with Crippen LogP contribution in [0.4, 0.5) is 0 Å². The molecule has 1 saturated heterocycles. The molecule has 6 nitrogen and oxygen atoms in total. The summed E-state index contributed by atoms with van der Waals surface area (Å²) < 4.78 is 39.2. The Balaban J connectivity index is 1.70. The SMILES string of the molecule is CCCCCCN(CCN1CCOCC1)S(=O)(=O)c1ccc2c(c1)CCO2. The number of hydrogen-bond acceptors (Lipinski definition) is 5.